The van der Waals surface area contributed by atoms with Crippen molar-refractivity contribution in [2.24, 2.45) is 0 Å². The number of nitrogens with zero attached hydrogens (tertiary/aromatic N) is 6. The van der Waals surface area contributed by atoms with E-state index in [2.05, 4.69) is 39.2 Å². The number of ether oxygens (including phenoxy) is 1. The number of sulfone groups is 1. The average molecular weight is 564 g/mol. The molecule has 0 saturated carbocycles. The highest BCUT2D eigenvalue weighted by Crippen LogP contribution is 2.27. The van der Waals surface area contributed by atoms with E-state index in [4.69, 9.17) is 4.74 Å². The number of piperidine rings is 1. The summed E-state index contributed by atoms with van der Waals surface area (Å²) in [5.74, 6) is 1.17. The van der Waals surface area contributed by atoms with Crippen LogP contribution in [0.15, 0.2) is 60.0 Å². The molecule has 4 aromatic rings. The standard InChI is InChI=1S/C28H33N7O4S/c1-4-20(5-2)33-25-11-6-19(16-29-25)28(36)34-14-12-22(13-15-34)39-27-24-17-32-35(26(24)30-18-31-27)21-7-9-23(10-8-21)40(3,37)38/h6-11,16-18,20,22H,4-5,12-15H2,1-3H3,(H,29,33). The van der Waals surface area contributed by atoms with Crippen LogP contribution in [0.1, 0.15) is 49.9 Å². The minimum Gasteiger partial charge on any atom is -0.474 e. The summed E-state index contributed by atoms with van der Waals surface area (Å²) in [6, 6.07) is 10.5. The molecule has 0 aliphatic carbocycles. The predicted molar refractivity (Wildman–Crippen MR) is 152 cm³/mol. The van der Waals surface area contributed by atoms with Gasteiger partial charge in [-0.3, -0.25) is 4.79 Å². The zero-order chi connectivity index (χ0) is 28.3. The maximum Gasteiger partial charge on any atom is 0.255 e. The molecule has 12 heteroatoms. The fourth-order valence-electron chi connectivity index (χ4n) is 4.76. The van der Waals surface area contributed by atoms with E-state index in [1.807, 2.05) is 17.0 Å². The highest BCUT2D eigenvalue weighted by atomic mass is 32.2. The Bertz CT molecular complexity index is 1580. The third-order valence-corrected chi connectivity index (χ3v) is 8.32. The first-order valence-corrected chi connectivity index (χ1v) is 15.3. The summed E-state index contributed by atoms with van der Waals surface area (Å²) in [6.45, 7) is 5.40. The fraction of sp³-hybridized carbons (Fsp3) is 0.393. The molecule has 5 rings (SSSR count). The van der Waals surface area contributed by atoms with Crippen molar-refractivity contribution in [3.63, 3.8) is 0 Å². The summed E-state index contributed by atoms with van der Waals surface area (Å²) in [7, 11) is -3.29. The summed E-state index contributed by atoms with van der Waals surface area (Å²) in [4.78, 5) is 28.3. The van der Waals surface area contributed by atoms with Gasteiger partial charge in [-0.05, 0) is 49.2 Å². The van der Waals surface area contributed by atoms with Crippen LogP contribution in [-0.4, -0.2) is 75.4 Å². The monoisotopic (exact) mass is 563 g/mol. The van der Waals surface area contributed by atoms with E-state index in [9.17, 15) is 13.2 Å². The van der Waals surface area contributed by atoms with Crippen molar-refractivity contribution in [1.29, 1.82) is 0 Å². The quantitative estimate of drug-likeness (QED) is 0.322. The van der Waals surface area contributed by atoms with Crippen molar-refractivity contribution in [3.05, 3.63) is 60.7 Å². The highest BCUT2D eigenvalue weighted by molar-refractivity contribution is 7.90. The Hall–Kier alpha value is -4.06. The zero-order valence-corrected chi connectivity index (χ0v) is 23.6. The van der Waals surface area contributed by atoms with Gasteiger partial charge < -0.3 is 15.0 Å². The summed E-state index contributed by atoms with van der Waals surface area (Å²) in [6.07, 6.45) is 9.13. The molecule has 1 amide bonds. The Morgan fingerprint density at radius 3 is 2.38 bits per heavy atom. The van der Waals surface area contributed by atoms with Crippen LogP contribution in [0.25, 0.3) is 16.7 Å². The smallest absolute Gasteiger partial charge is 0.255 e. The van der Waals surface area contributed by atoms with Crippen LogP contribution < -0.4 is 10.1 Å². The molecule has 1 aliphatic heterocycles. The van der Waals surface area contributed by atoms with Crippen molar-refractivity contribution < 1.29 is 17.9 Å². The summed E-state index contributed by atoms with van der Waals surface area (Å²) >= 11 is 0. The number of likely N-dealkylation sites (tertiary alicyclic amines) is 1. The first-order chi connectivity index (χ1) is 19.3. The fourth-order valence-corrected chi connectivity index (χ4v) is 5.40. The second-order valence-corrected chi connectivity index (χ2v) is 12.0. The summed E-state index contributed by atoms with van der Waals surface area (Å²) in [5, 5.41) is 8.48. The number of hydrogen-bond donors (Lipinski definition) is 1. The lowest BCUT2D eigenvalue weighted by molar-refractivity contribution is 0.0590. The molecule has 0 radical (unpaired) electrons. The van der Waals surface area contributed by atoms with Gasteiger partial charge >= 0.3 is 0 Å². The van der Waals surface area contributed by atoms with E-state index in [1.54, 1.807) is 41.3 Å². The van der Waals surface area contributed by atoms with Crippen molar-refractivity contribution in [3.8, 4) is 11.6 Å². The van der Waals surface area contributed by atoms with Crippen LogP contribution in [0.4, 0.5) is 5.82 Å². The molecule has 0 bridgehead atoms. The van der Waals surface area contributed by atoms with Crippen LogP contribution in [0.5, 0.6) is 5.88 Å². The number of fused-ring (bicyclic) bond motifs is 1. The van der Waals surface area contributed by atoms with Crippen molar-refractivity contribution >= 4 is 32.6 Å². The number of benzene rings is 1. The zero-order valence-electron chi connectivity index (χ0n) is 22.8. The highest BCUT2D eigenvalue weighted by Gasteiger charge is 2.26. The second-order valence-electron chi connectivity index (χ2n) is 9.94. The van der Waals surface area contributed by atoms with Crippen molar-refractivity contribution in [2.75, 3.05) is 24.7 Å². The molecule has 1 N–H and O–H groups in total. The van der Waals surface area contributed by atoms with Crippen molar-refractivity contribution in [1.82, 2.24) is 29.6 Å². The number of carbonyl (C=O) groups is 1. The molecule has 1 aliphatic rings. The molecule has 1 fully saturated rings. The third kappa shape index (κ3) is 5.91. The van der Waals surface area contributed by atoms with Gasteiger partial charge in [-0.2, -0.15) is 5.10 Å². The van der Waals surface area contributed by atoms with E-state index in [0.29, 0.717) is 60.1 Å². The van der Waals surface area contributed by atoms with E-state index >= 15 is 0 Å². The summed E-state index contributed by atoms with van der Waals surface area (Å²) in [5.41, 5.74) is 1.80. The van der Waals surface area contributed by atoms with Gasteiger partial charge in [0.25, 0.3) is 5.91 Å². The molecule has 0 atom stereocenters. The third-order valence-electron chi connectivity index (χ3n) is 7.19. The van der Waals surface area contributed by atoms with Crippen LogP contribution in [-0.2, 0) is 9.84 Å². The minimum absolute atomic E-state index is 0.0346. The van der Waals surface area contributed by atoms with Gasteiger partial charge in [0.1, 0.15) is 23.6 Å². The lowest BCUT2D eigenvalue weighted by Gasteiger charge is -2.32. The predicted octanol–water partition coefficient (Wildman–Crippen LogP) is 3.90. The number of aromatic nitrogens is 5. The molecular formula is C28H33N7O4S. The number of nitrogens with one attached hydrogen (secondary N) is 1. The van der Waals surface area contributed by atoms with Gasteiger partial charge in [0.05, 0.1) is 22.3 Å². The Kier molecular flexibility index (Phi) is 7.97. The Morgan fingerprint density at radius 1 is 1.02 bits per heavy atom. The van der Waals surface area contributed by atoms with Crippen LogP contribution in [0, 0.1) is 0 Å². The van der Waals surface area contributed by atoms with Crippen LogP contribution in [0.2, 0.25) is 0 Å². The molecule has 1 saturated heterocycles. The van der Waals surface area contributed by atoms with E-state index in [0.717, 1.165) is 18.7 Å². The number of carbonyl (C=O) groups excluding carboxylic acids is 1. The Morgan fingerprint density at radius 2 is 1.75 bits per heavy atom. The Labute approximate surface area is 233 Å². The van der Waals surface area contributed by atoms with Gasteiger partial charge in [-0.1, -0.05) is 13.8 Å². The first kappa shape index (κ1) is 27.5. The van der Waals surface area contributed by atoms with E-state index < -0.39 is 9.84 Å². The number of rotatable bonds is 9. The maximum atomic E-state index is 13.1. The normalized spacial score (nSPS) is 14.6. The number of amides is 1. The van der Waals surface area contributed by atoms with Crippen LogP contribution >= 0.6 is 0 Å². The lowest BCUT2D eigenvalue weighted by atomic mass is 10.1. The number of anilines is 1. The largest absolute Gasteiger partial charge is 0.474 e. The molecule has 210 valence electrons. The molecule has 0 spiro atoms. The van der Waals surface area contributed by atoms with Gasteiger partial charge in [0, 0.05) is 44.4 Å². The van der Waals surface area contributed by atoms with Gasteiger partial charge in [-0.25, -0.2) is 28.1 Å². The van der Waals surface area contributed by atoms with Crippen LogP contribution in [0.3, 0.4) is 0 Å². The summed E-state index contributed by atoms with van der Waals surface area (Å²) < 4.78 is 31.4. The topological polar surface area (TPSA) is 132 Å². The SMILES string of the molecule is CCC(CC)Nc1ccc(C(=O)N2CCC(Oc3ncnc4c3cnn4-c3ccc(S(C)(=O)=O)cc3)CC2)cn1. The molecule has 40 heavy (non-hydrogen) atoms. The van der Waals surface area contributed by atoms with E-state index in [-0.39, 0.29) is 16.9 Å². The molecular weight excluding hydrogens is 530 g/mol. The van der Waals surface area contributed by atoms with Gasteiger partial charge in [0.2, 0.25) is 5.88 Å². The van der Waals surface area contributed by atoms with E-state index in [1.165, 1.54) is 12.6 Å². The maximum absolute atomic E-state index is 13.1. The average Bonchev–Trinajstić information content (AvgIpc) is 3.41. The molecule has 0 unspecified atom stereocenters. The molecule has 3 aromatic heterocycles. The Balaban J connectivity index is 1.22. The first-order valence-electron chi connectivity index (χ1n) is 13.4. The second kappa shape index (κ2) is 11.6. The molecule has 11 nitrogen and oxygen atoms in total. The minimum atomic E-state index is -3.29. The van der Waals surface area contributed by atoms with Crippen molar-refractivity contribution in [2.45, 2.75) is 56.6 Å². The number of pyridine rings is 1. The van der Waals surface area contributed by atoms with Gasteiger partial charge in [-0.15, -0.1) is 0 Å². The molecule has 1 aromatic carbocycles. The lowest BCUT2D eigenvalue weighted by Crippen LogP contribution is -2.41. The molecule has 4 heterocycles. The number of hydrogen-bond acceptors (Lipinski definition) is 9. The van der Waals surface area contributed by atoms with Gasteiger partial charge in [0.15, 0.2) is 15.5 Å².